The summed E-state index contributed by atoms with van der Waals surface area (Å²) in [6.45, 7) is 2.66. The van der Waals surface area contributed by atoms with Crippen molar-refractivity contribution >= 4 is 47.2 Å². The fraction of sp³-hybridized carbons (Fsp3) is 0.500. The van der Waals surface area contributed by atoms with Crippen molar-refractivity contribution in [3.8, 4) is 0 Å². The Hall–Kier alpha value is -5.51. The molecule has 0 radical (unpaired) electrons. The Morgan fingerprint density at radius 2 is 1.61 bits per heavy atom. The van der Waals surface area contributed by atoms with Gasteiger partial charge in [0.1, 0.15) is 42.9 Å². The van der Waals surface area contributed by atoms with E-state index >= 15 is 0 Å². The smallest absolute Gasteiger partial charge is 0.328 e. The summed E-state index contributed by atoms with van der Waals surface area (Å²) in [5.74, 6) is -4.11. The molecule has 3 saturated heterocycles. The van der Waals surface area contributed by atoms with Gasteiger partial charge >= 0.3 is 12.0 Å². The molecule has 0 spiro atoms. The third kappa shape index (κ3) is 9.53. The zero-order valence-electron chi connectivity index (χ0n) is 30.7. The van der Waals surface area contributed by atoms with E-state index in [-0.39, 0.29) is 44.7 Å². The summed E-state index contributed by atoms with van der Waals surface area (Å²) in [7, 11) is 1.40. The maximum atomic E-state index is 14.4. The number of carbonyl (C=O) groups is 7. The number of amides is 7. The van der Waals surface area contributed by atoms with Crippen molar-refractivity contribution in [2.45, 2.75) is 82.2 Å². The molecule has 2 aromatic rings. The van der Waals surface area contributed by atoms with E-state index in [0.29, 0.717) is 12.1 Å². The van der Waals surface area contributed by atoms with Crippen LogP contribution in [0.3, 0.4) is 0 Å². The van der Waals surface area contributed by atoms with Crippen LogP contribution in [0.5, 0.6) is 0 Å². The topological polar surface area (TPSA) is 207 Å². The number of anilines is 1. The Morgan fingerprint density at radius 3 is 2.30 bits per heavy atom. The minimum atomic E-state index is -1.48. The molecule has 7 atom stereocenters. The third-order valence-corrected chi connectivity index (χ3v) is 10.1. The number of carbonyl (C=O) groups excluding carboxylic acids is 7. The number of para-hydroxylation sites is 1. The molecule has 0 saturated carbocycles. The Kier molecular flexibility index (Phi) is 13.2. The highest BCUT2D eigenvalue weighted by atomic mass is 16.5. The molecule has 16 nitrogen and oxygen atoms in total. The molecule has 0 aliphatic carbocycles. The van der Waals surface area contributed by atoms with Gasteiger partial charge in [-0.15, -0.1) is 0 Å². The van der Waals surface area contributed by atoms with Crippen molar-refractivity contribution in [2.75, 3.05) is 38.7 Å². The SMILES string of the molecule is C[C@@H]1C[C@H]2C(=O)OCC(NC(=O)[C@H](Cc3ccccc3)NC(=O)Nc3ccccc3)C(=O)N3CCC[C@H]3C(=O)N(C)[C@@H](CCO)C(=O)N[C@@H](C)C(=O)N2C1. The average molecular weight is 748 g/mol. The van der Waals surface area contributed by atoms with E-state index in [0.717, 1.165) is 5.56 Å². The molecule has 0 aromatic heterocycles. The normalized spacial score (nSPS) is 26.0. The highest BCUT2D eigenvalue weighted by Gasteiger charge is 2.45. The van der Waals surface area contributed by atoms with E-state index in [1.54, 1.807) is 54.6 Å². The van der Waals surface area contributed by atoms with E-state index in [2.05, 4.69) is 21.3 Å². The molecule has 2 aromatic carbocycles. The number of aliphatic hydroxyl groups excluding tert-OH is 1. The van der Waals surface area contributed by atoms with Crippen LogP contribution in [0, 0.1) is 5.92 Å². The van der Waals surface area contributed by atoms with Crippen molar-refractivity contribution in [1.82, 2.24) is 30.7 Å². The Bertz CT molecular complexity index is 1690. The van der Waals surface area contributed by atoms with Gasteiger partial charge in [0.15, 0.2) is 0 Å². The fourth-order valence-electron chi connectivity index (χ4n) is 7.25. The molecule has 5 N–H and O–H groups in total. The summed E-state index contributed by atoms with van der Waals surface area (Å²) < 4.78 is 5.69. The molecule has 0 bridgehead atoms. The predicted octanol–water partition coefficient (Wildman–Crippen LogP) is 0.403. The minimum Gasteiger partial charge on any atom is -0.461 e. The van der Waals surface area contributed by atoms with Gasteiger partial charge in [-0.05, 0) is 56.2 Å². The molecular formula is C38H49N7O9. The van der Waals surface area contributed by atoms with Crippen LogP contribution >= 0.6 is 0 Å². The van der Waals surface area contributed by atoms with Crippen molar-refractivity contribution in [1.29, 1.82) is 0 Å². The Labute approximate surface area is 313 Å². The Balaban J connectivity index is 1.46. The largest absolute Gasteiger partial charge is 0.461 e. The first-order chi connectivity index (χ1) is 25.9. The summed E-state index contributed by atoms with van der Waals surface area (Å²) in [6, 6.07) is 9.97. The summed E-state index contributed by atoms with van der Waals surface area (Å²) in [5, 5.41) is 20.5. The monoisotopic (exact) mass is 747 g/mol. The summed E-state index contributed by atoms with van der Waals surface area (Å²) in [6.07, 6.45) is 0.886. The van der Waals surface area contributed by atoms with Crippen LogP contribution in [0.4, 0.5) is 10.5 Å². The number of cyclic esters (lactones) is 1. The molecule has 16 heteroatoms. The maximum Gasteiger partial charge on any atom is 0.328 e. The van der Waals surface area contributed by atoms with Crippen molar-refractivity contribution < 1.29 is 43.4 Å². The van der Waals surface area contributed by atoms with Crippen LogP contribution < -0.4 is 21.3 Å². The molecule has 7 amide bonds. The molecule has 3 heterocycles. The predicted molar refractivity (Wildman–Crippen MR) is 195 cm³/mol. The average Bonchev–Trinajstić information content (AvgIpc) is 3.81. The molecule has 5 rings (SSSR count). The van der Waals surface area contributed by atoms with Gasteiger partial charge in [-0.2, -0.15) is 0 Å². The lowest BCUT2D eigenvalue weighted by Crippen LogP contribution is -2.61. The zero-order chi connectivity index (χ0) is 38.9. The van der Waals surface area contributed by atoms with Gasteiger partial charge < -0.3 is 45.8 Å². The van der Waals surface area contributed by atoms with Crippen LogP contribution in [0.2, 0.25) is 0 Å². The molecular weight excluding hydrogens is 698 g/mol. The summed E-state index contributed by atoms with van der Waals surface area (Å²) in [4.78, 5) is 100. The Morgan fingerprint density at radius 1 is 0.926 bits per heavy atom. The summed E-state index contributed by atoms with van der Waals surface area (Å²) in [5.41, 5.74) is 1.21. The van der Waals surface area contributed by atoms with Gasteiger partial charge in [0.25, 0.3) is 0 Å². The van der Waals surface area contributed by atoms with Gasteiger partial charge in [0, 0.05) is 38.9 Å². The zero-order valence-corrected chi connectivity index (χ0v) is 30.7. The molecule has 3 fully saturated rings. The van der Waals surface area contributed by atoms with Crippen LogP contribution in [0.25, 0.3) is 0 Å². The van der Waals surface area contributed by atoms with Crippen LogP contribution in [0.1, 0.15) is 45.1 Å². The number of benzene rings is 2. The van der Waals surface area contributed by atoms with E-state index in [1.807, 2.05) is 13.0 Å². The van der Waals surface area contributed by atoms with Gasteiger partial charge in [-0.3, -0.25) is 24.0 Å². The van der Waals surface area contributed by atoms with Gasteiger partial charge in [-0.1, -0.05) is 55.5 Å². The maximum absolute atomic E-state index is 14.4. The third-order valence-electron chi connectivity index (χ3n) is 10.1. The number of nitrogens with one attached hydrogen (secondary N) is 4. The number of likely N-dealkylation sites (N-methyl/N-ethyl adjacent to an activating group) is 1. The number of aliphatic hydroxyl groups is 1. The first-order valence-electron chi connectivity index (χ1n) is 18.3. The number of urea groups is 1. The van der Waals surface area contributed by atoms with Crippen LogP contribution in [-0.4, -0.2) is 131 Å². The second-order valence-corrected chi connectivity index (χ2v) is 14.1. The van der Waals surface area contributed by atoms with Gasteiger partial charge in [0.05, 0.1) is 0 Å². The number of ether oxygens (including phenoxy) is 1. The first-order valence-corrected chi connectivity index (χ1v) is 18.3. The lowest BCUT2D eigenvalue weighted by Gasteiger charge is -2.35. The van der Waals surface area contributed by atoms with Crippen molar-refractivity contribution in [2.24, 2.45) is 5.92 Å². The van der Waals surface area contributed by atoms with Crippen LogP contribution in [-0.2, 0) is 39.9 Å². The first kappa shape index (κ1) is 39.7. The molecule has 3 aliphatic heterocycles. The number of rotatable bonds is 8. The van der Waals surface area contributed by atoms with E-state index < -0.39 is 91.0 Å². The van der Waals surface area contributed by atoms with E-state index in [1.165, 1.54) is 28.7 Å². The standard InChI is InChI=1S/C38H49N7O9/c1-23-19-31-37(52)54-22-28(41-32(47)27(20-25-11-6-4-7-12-25)42-38(53)40-26-13-8-5-9-14-26)35(50)44-17-10-15-30(44)36(51)43(3)29(16-18-46)33(48)39-24(2)34(49)45(31)21-23/h4-9,11-14,23-24,27-31,46H,10,15-22H2,1-3H3,(H,39,48)(H,41,47)(H2,40,42,53)/t23-,24+,27+,28?,29+,30+,31+/m1/s1. The molecule has 54 heavy (non-hydrogen) atoms. The molecule has 3 aliphatic rings. The van der Waals surface area contributed by atoms with Gasteiger partial charge in [0.2, 0.25) is 29.5 Å². The second-order valence-electron chi connectivity index (χ2n) is 14.1. The highest BCUT2D eigenvalue weighted by Crippen LogP contribution is 2.26. The molecule has 290 valence electrons. The van der Waals surface area contributed by atoms with Crippen molar-refractivity contribution in [3.63, 3.8) is 0 Å². The number of nitrogens with zero attached hydrogens (tertiary/aromatic N) is 3. The van der Waals surface area contributed by atoms with Crippen molar-refractivity contribution in [3.05, 3.63) is 66.2 Å². The summed E-state index contributed by atoms with van der Waals surface area (Å²) >= 11 is 0. The van der Waals surface area contributed by atoms with Gasteiger partial charge in [-0.25, -0.2) is 9.59 Å². The lowest BCUT2D eigenvalue weighted by atomic mass is 10.0. The molecule has 1 unspecified atom stereocenters. The van der Waals surface area contributed by atoms with Crippen LogP contribution in [0.15, 0.2) is 60.7 Å². The number of hydrogen-bond donors (Lipinski definition) is 5. The minimum absolute atomic E-state index is 0.0503. The second kappa shape index (κ2) is 18.0. The highest BCUT2D eigenvalue weighted by molar-refractivity contribution is 5.98. The number of esters is 1. The fourth-order valence-corrected chi connectivity index (χ4v) is 7.25. The van der Waals surface area contributed by atoms with E-state index in [4.69, 9.17) is 4.74 Å². The van der Waals surface area contributed by atoms with E-state index in [9.17, 15) is 38.7 Å². The number of hydrogen-bond acceptors (Lipinski definition) is 9. The number of fused-ring (bicyclic) bond motifs is 2. The quantitative estimate of drug-likeness (QED) is 0.237. The lowest BCUT2D eigenvalue weighted by molar-refractivity contribution is -0.158.